The number of benzene rings is 3. The van der Waals surface area contributed by atoms with Crippen molar-refractivity contribution in [2.45, 2.75) is 38.7 Å². The summed E-state index contributed by atoms with van der Waals surface area (Å²) in [5, 5.41) is 0. The van der Waals surface area contributed by atoms with Gasteiger partial charge in [-0.2, -0.15) is 8.78 Å². The molecule has 11 heteroatoms. The number of ether oxygens (including phenoxy) is 1. The molecule has 0 spiro atoms. The minimum Gasteiger partial charge on any atom is -0.429 e. The summed E-state index contributed by atoms with van der Waals surface area (Å²) in [7, 11) is 0. The molecule has 0 bridgehead atoms. The Morgan fingerprint density at radius 2 is 1.39 bits per heavy atom. The van der Waals surface area contributed by atoms with Gasteiger partial charge in [0, 0.05) is 35.7 Å². The van der Waals surface area contributed by atoms with Gasteiger partial charge in [0.1, 0.15) is 28.8 Å². The van der Waals surface area contributed by atoms with Crippen LogP contribution in [0.3, 0.4) is 0 Å². The normalized spacial score (nSPS) is 11.2. The van der Waals surface area contributed by atoms with Crippen molar-refractivity contribution in [2.24, 2.45) is 0 Å². The molecule has 0 radical (unpaired) electrons. The van der Waals surface area contributed by atoms with Crippen LogP contribution in [0.25, 0.3) is 11.4 Å². The highest BCUT2D eigenvalue weighted by Gasteiger charge is 2.41. The number of aryl methyl sites for hydroxylation is 1. The molecule has 41 heavy (non-hydrogen) atoms. The van der Waals surface area contributed by atoms with E-state index in [1.165, 1.54) is 12.1 Å². The first-order valence-corrected chi connectivity index (χ1v) is 12.3. The van der Waals surface area contributed by atoms with Crippen LogP contribution >= 0.6 is 0 Å². The molecule has 4 aromatic rings. The van der Waals surface area contributed by atoms with Crippen LogP contribution in [-0.2, 0) is 12.5 Å². The largest absolute Gasteiger partial charge is 0.432 e. The molecule has 0 saturated heterocycles. The second-order valence-electron chi connectivity index (χ2n) is 8.95. The van der Waals surface area contributed by atoms with E-state index < -0.39 is 57.9 Å². The molecule has 0 N–H and O–H groups in total. The average Bonchev–Trinajstić information content (AvgIpc) is 2.90. The van der Waals surface area contributed by atoms with Crippen LogP contribution in [0.5, 0.6) is 5.75 Å². The van der Waals surface area contributed by atoms with Crippen LogP contribution in [-0.4, -0.2) is 9.97 Å². The van der Waals surface area contributed by atoms with Gasteiger partial charge in [-0.15, -0.1) is 0 Å². The Hall–Kier alpha value is -4.46. The van der Waals surface area contributed by atoms with Gasteiger partial charge < -0.3 is 4.74 Å². The third-order valence-corrected chi connectivity index (χ3v) is 5.88. The van der Waals surface area contributed by atoms with Crippen LogP contribution in [0, 0.1) is 46.7 Å². The van der Waals surface area contributed by atoms with Gasteiger partial charge in [0.2, 0.25) is 0 Å². The van der Waals surface area contributed by atoms with Crippen LogP contribution < -0.4 is 4.74 Å². The molecule has 0 saturated carbocycles. The van der Waals surface area contributed by atoms with E-state index in [-0.39, 0.29) is 23.5 Å². The molecular weight excluding hydrogens is 556 g/mol. The molecule has 0 atom stereocenters. The Kier molecular flexibility index (Phi) is 8.91. The van der Waals surface area contributed by atoms with Crippen molar-refractivity contribution in [3.8, 4) is 29.0 Å². The molecule has 0 unspecified atom stereocenters. The molecule has 3 nitrogen and oxygen atoms in total. The summed E-state index contributed by atoms with van der Waals surface area (Å²) in [5.74, 6) is -6.24. The molecule has 212 valence electrons. The maximum atomic E-state index is 14.7. The van der Waals surface area contributed by atoms with Crippen molar-refractivity contribution >= 4 is 0 Å². The zero-order valence-electron chi connectivity index (χ0n) is 21.4. The van der Waals surface area contributed by atoms with Gasteiger partial charge in [-0.25, -0.2) is 36.3 Å². The van der Waals surface area contributed by atoms with Crippen LogP contribution in [0.2, 0.25) is 0 Å². The summed E-state index contributed by atoms with van der Waals surface area (Å²) in [6, 6.07) is 5.05. The molecule has 3 aromatic carbocycles. The highest BCUT2D eigenvalue weighted by molar-refractivity contribution is 5.57. The van der Waals surface area contributed by atoms with E-state index >= 15 is 0 Å². The second-order valence-corrected chi connectivity index (χ2v) is 8.95. The first-order chi connectivity index (χ1) is 19.5. The zero-order valence-corrected chi connectivity index (χ0v) is 21.4. The van der Waals surface area contributed by atoms with Gasteiger partial charge >= 0.3 is 6.11 Å². The molecule has 0 fully saturated rings. The van der Waals surface area contributed by atoms with E-state index in [0.29, 0.717) is 17.7 Å². The summed E-state index contributed by atoms with van der Waals surface area (Å²) in [6.07, 6.45) is 2.60. The summed E-state index contributed by atoms with van der Waals surface area (Å²) < 4.78 is 117. The fourth-order valence-electron chi connectivity index (χ4n) is 3.82. The van der Waals surface area contributed by atoms with E-state index in [1.807, 2.05) is 0 Å². The Morgan fingerprint density at radius 3 is 1.98 bits per heavy atom. The van der Waals surface area contributed by atoms with Gasteiger partial charge in [-0.1, -0.05) is 31.6 Å². The molecular formula is C30H20F8N2O. The van der Waals surface area contributed by atoms with Gasteiger partial charge in [-0.05, 0) is 48.7 Å². The van der Waals surface area contributed by atoms with Gasteiger partial charge in [-0.3, -0.25) is 0 Å². The number of hydrogen-bond acceptors (Lipinski definition) is 3. The van der Waals surface area contributed by atoms with E-state index in [4.69, 9.17) is 0 Å². The molecule has 1 aromatic heterocycles. The lowest BCUT2D eigenvalue weighted by molar-refractivity contribution is -0.189. The summed E-state index contributed by atoms with van der Waals surface area (Å²) in [6.45, 7) is 2.10. The highest BCUT2D eigenvalue weighted by Crippen LogP contribution is 2.36. The maximum absolute atomic E-state index is 14.7. The SMILES string of the molecule is CCCCCc1cnc(-c2ccc(C#Cc3cc(F)c(C(F)(F)Oc4cc(F)c(F)c(F)c4)c(F)c3)c(F)c2)nc1. The van der Waals surface area contributed by atoms with Gasteiger partial charge in [0.15, 0.2) is 23.3 Å². The van der Waals surface area contributed by atoms with Crippen molar-refractivity contribution in [1.29, 1.82) is 0 Å². The minimum atomic E-state index is -4.74. The first-order valence-electron chi connectivity index (χ1n) is 12.3. The standard InChI is InChI=1S/C30H20F8N2O/c1-2-3-4-5-18-15-39-29(40-16-18)20-9-8-19(22(31)12-20)7-6-17-10-23(32)27(24(33)11-17)30(37,38)41-21-13-25(34)28(36)26(35)14-21/h8-16H,2-5H2,1H3. The fourth-order valence-corrected chi connectivity index (χ4v) is 3.82. The molecule has 0 amide bonds. The van der Waals surface area contributed by atoms with Crippen LogP contribution in [0.1, 0.15) is 48.4 Å². The zero-order chi connectivity index (χ0) is 29.7. The summed E-state index contributed by atoms with van der Waals surface area (Å²) in [4.78, 5) is 8.51. The van der Waals surface area contributed by atoms with Crippen molar-refractivity contribution in [2.75, 3.05) is 0 Å². The lowest BCUT2D eigenvalue weighted by atomic mass is 10.1. The van der Waals surface area contributed by atoms with Crippen molar-refractivity contribution in [3.63, 3.8) is 0 Å². The number of rotatable bonds is 8. The second kappa shape index (κ2) is 12.4. The van der Waals surface area contributed by atoms with Crippen molar-refractivity contribution in [1.82, 2.24) is 9.97 Å². The maximum Gasteiger partial charge on any atom is 0.432 e. The summed E-state index contributed by atoms with van der Waals surface area (Å²) in [5.41, 5.74) is -1.11. The topological polar surface area (TPSA) is 35.0 Å². The first kappa shape index (κ1) is 29.5. The molecule has 0 aliphatic rings. The monoisotopic (exact) mass is 576 g/mol. The van der Waals surface area contributed by atoms with E-state index in [9.17, 15) is 35.1 Å². The third-order valence-electron chi connectivity index (χ3n) is 5.88. The Bertz CT molecular complexity index is 1580. The Morgan fingerprint density at radius 1 is 0.756 bits per heavy atom. The number of halogens is 8. The predicted octanol–water partition coefficient (Wildman–Crippen LogP) is 8.24. The molecule has 0 aliphatic heterocycles. The number of hydrogen-bond donors (Lipinski definition) is 0. The lowest BCUT2D eigenvalue weighted by Gasteiger charge is -2.19. The van der Waals surface area contributed by atoms with E-state index in [2.05, 4.69) is 33.5 Å². The Labute approximate surface area is 229 Å². The van der Waals surface area contributed by atoms with E-state index in [1.54, 1.807) is 12.4 Å². The number of aromatic nitrogens is 2. The molecule has 1 heterocycles. The van der Waals surface area contributed by atoms with Crippen LogP contribution in [0.4, 0.5) is 35.1 Å². The van der Waals surface area contributed by atoms with E-state index in [0.717, 1.165) is 37.3 Å². The number of unbranched alkanes of at least 4 members (excludes halogenated alkanes) is 2. The number of alkyl halides is 2. The predicted molar refractivity (Wildman–Crippen MR) is 134 cm³/mol. The van der Waals surface area contributed by atoms with Crippen molar-refractivity contribution in [3.05, 3.63) is 112 Å². The van der Waals surface area contributed by atoms with Gasteiger partial charge in [0.05, 0.1) is 5.56 Å². The number of nitrogens with zero attached hydrogens (tertiary/aromatic N) is 2. The van der Waals surface area contributed by atoms with Crippen LogP contribution in [0.15, 0.2) is 54.9 Å². The quantitative estimate of drug-likeness (QED) is 0.0918. The average molecular weight is 576 g/mol. The smallest absolute Gasteiger partial charge is 0.429 e. The minimum absolute atomic E-state index is 0.0948. The van der Waals surface area contributed by atoms with Gasteiger partial charge in [0.25, 0.3) is 0 Å². The fraction of sp³-hybridized carbons (Fsp3) is 0.200. The molecule has 0 aliphatic carbocycles. The third kappa shape index (κ3) is 7.01. The lowest BCUT2D eigenvalue weighted by Crippen LogP contribution is -2.25. The van der Waals surface area contributed by atoms with Crippen molar-refractivity contribution < 1.29 is 39.9 Å². The summed E-state index contributed by atoms with van der Waals surface area (Å²) >= 11 is 0. The molecule has 4 rings (SSSR count). The Balaban J connectivity index is 1.52. The highest BCUT2D eigenvalue weighted by atomic mass is 19.3.